The maximum atomic E-state index is 13.9. The zero-order chi connectivity index (χ0) is 15.7. The van der Waals surface area contributed by atoms with Crippen molar-refractivity contribution < 1.29 is 9.18 Å². The van der Waals surface area contributed by atoms with Gasteiger partial charge in [0.25, 0.3) is 11.5 Å². The lowest BCUT2D eigenvalue weighted by atomic mass is 10.1. The van der Waals surface area contributed by atoms with Gasteiger partial charge in [0.15, 0.2) is 0 Å². The van der Waals surface area contributed by atoms with Crippen LogP contribution < -0.4 is 16.6 Å². The third-order valence-electron chi connectivity index (χ3n) is 2.78. The number of halogens is 3. The van der Waals surface area contributed by atoms with Gasteiger partial charge in [-0.15, -0.1) is 0 Å². The number of nitrogens with one attached hydrogen (secondary N) is 2. The molecule has 2 rings (SSSR count). The summed E-state index contributed by atoms with van der Waals surface area (Å²) in [6.45, 7) is 1.51. The summed E-state index contributed by atoms with van der Waals surface area (Å²) >= 11 is 7.87. The van der Waals surface area contributed by atoms with E-state index in [1.165, 1.54) is 19.1 Å². The Morgan fingerprint density at radius 1 is 1.48 bits per heavy atom. The van der Waals surface area contributed by atoms with E-state index >= 15 is 0 Å². The van der Waals surface area contributed by atoms with E-state index in [1.807, 2.05) is 22.6 Å². The molecule has 0 radical (unpaired) electrons. The summed E-state index contributed by atoms with van der Waals surface area (Å²) in [4.78, 5) is 25.6. The van der Waals surface area contributed by atoms with Crippen LogP contribution in [0, 0.1) is 16.3 Å². The first-order valence-corrected chi connectivity index (χ1v) is 7.21. The molecule has 1 aromatic carbocycles. The van der Waals surface area contributed by atoms with Gasteiger partial charge in [0.2, 0.25) is 0 Å². The maximum absolute atomic E-state index is 13.9. The molecule has 1 amide bonds. The molecule has 5 nitrogen and oxygen atoms in total. The van der Waals surface area contributed by atoms with Crippen LogP contribution in [0.1, 0.15) is 16.1 Å². The number of nitrogens with two attached hydrogens (primary N) is 1. The molecule has 1 heterocycles. The number of carbonyl (C=O) groups is 1. The number of rotatable bonds is 3. The Hall–Kier alpha value is -1.61. The van der Waals surface area contributed by atoms with Crippen LogP contribution in [0.15, 0.2) is 23.0 Å². The van der Waals surface area contributed by atoms with E-state index in [2.05, 4.69) is 10.3 Å². The molecule has 0 aliphatic rings. The molecule has 0 saturated carbocycles. The zero-order valence-corrected chi connectivity index (χ0v) is 13.7. The SMILES string of the molecule is Cc1[nH]c(=O)c(Cl)c(Nc2ccc(I)cc2F)c1C(N)=O. The first-order valence-electron chi connectivity index (χ1n) is 5.75. The Kier molecular flexibility index (Phi) is 4.52. The molecule has 0 saturated heterocycles. The summed E-state index contributed by atoms with van der Waals surface area (Å²) in [6, 6.07) is 4.46. The normalized spacial score (nSPS) is 10.5. The second-order valence-corrected chi connectivity index (χ2v) is 5.88. The highest BCUT2D eigenvalue weighted by molar-refractivity contribution is 14.1. The molecule has 0 fully saturated rings. The van der Waals surface area contributed by atoms with Gasteiger partial charge in [-0.1, -0.05) is 11.6 Å². The number of H-pyrrole nitrogens is 1. The van der Waals surface area contributed by atoms with E-state index in [0.29, 0.717) is 3.57 Å². The van der Waals surface area contributed by atoms with Crippen molar-refractivity contribution >= 4 is 51.5 Å². The molecular formula is C13H10ClFIN3O2. The fourth-order valence-corrected chi connectivity index (χ4v) is 2.49. The number of amides is 1. The van der Waals surface area contributed by atoms with Crippen LogP contribution in [-0.4, -0.2) is 10.9 Å². The topological polar surface area (TPSA) is 88.0 Å². The largest absolute Gasteiger partial charge is 0.365 e. The summed E-state index contributed by atoms with van der Waals surface area (Å²) in [6.07, 6.45) is 0. The molecule has 0 aliphatic heterocycles. The van der Waals surface area contributed by atoms with Crippen LogP contribution in [0.25, 0.3) is 0 Å². The Bertz CT molecular complexity index is 792. The molecule has 0 spiro atoms. The second-order valence-electron chi connectivity index (χ2n) is 4.26. The molecule has 2 aromatic rings. The van der Waals surface area contributed by atoms with Gasteiger partial charge in [0.1, 0.15) is 10.8 Å². The van der Waals surface area contributed by atoms with Crippen molar-refractivity contribution in [2.24, 2.45) is 5.73 Å². The molecule has 1 aromatic heterocycles. The zero-order valence-electron chi connectivity index (χ0n) is 10.8. The lowest BCUT2D eigenvalue weighted by Crippen LogP contribution is -2.21. The number of aromatic amines is 1. The molecule has 0 bridgehead atoms. The van der Waals surface area contributed by atoms with E-state index in [4.69, 9.17) is 17.3 Å². The monoisotopic (exact) mass is 421 g/mol. The Morgan fingerprint density at radius 3 is 2.71 bits per heavy atom. The van der Waals surface area contributed by atoms with Gasteiger partial charge in [-0.3, -0.25) is 9.59 Å². The van der Waals surface area contributed by atoms with Gasteiger partial charge >= 0.3 is 0 Å². The highest BCUT2D eigenvalue weighted by Crippen LogP contribution is 2.29. The number of hydrogen-bond donors (Lipinski definition) is 3. The fourth-order valence-electron chi connectivity index (χ4n) is 1.85. The molecule has 0 atom stereocenters. The van der Waals surface area contributed by atoms with Crippen LogP contribution in [-0.2, 0) is 0 Å². The number of benzene rings is 1. The predicted octanol–water partition coefficient (Wildman–Crippen LogP) is 2.92. The molecular weight excluding hydrogens is 412 g/mol. The van der Waals surface area contributed by atoms with Crippen molar-refractivity contribution in [3.05, 3.63) is 54.2 Å². The summed E-state index contributed by atoms with van der Waals surface area (Å²) in [7, 11) is 0. The summed E-state index contributed by atoms with van der Waals surface area (Å²) in [5.41, 5.74) is 5.05. The van der Waals surface area contributed by atoms with Crippen molar-refractivity contribution in [2.75, 3.05) is 5.32 Å². The number of carbonyl (C=O) groups excluding carboxylic acids is 1. The molecule has 8 heteroatoms. The average Bonchev–Trinajstić information content (AvgIpc) is 2.38. The number of anilines is 2. The lowest BCUT2D eigenvalue weighted by molar-refractivity contribution is 0.1000. The van der Waals surface area contributed by atoms with Gasteiger partial charge in [0, 0.05) is 9.26 Å². The van der Waals surface area contributed by atoms with Crippen LogP contribution in [0.4, 0.5) is 15.8 Å². The van der Waals surface area contributed by atoms with Crippen LogP contribution in [0.3, 0.4) is 0 Å². The molecule has 21 heavy (non-hydrogen) atoms. The van der Waals surface area contributed by atoms with Crippen LogP contribution in [0.5, 0.6) is 0 Å². The minimum atomic E-state index is -0.779. The molecule has 0 aliphatic carbocycles. The van der Waals surface area contributed by atoms with E-state index in [-0.39, 0.29) is 27.7 Å². The van der Waals surface area contributed by atoms with E-state index in [9.17, 15) is 14.0 Å². The quantitative estimate of drug-likeness (QED) is 0.666. The van der Waals surface area contributed by atoms with Crippen LogP contribution >= 0.6 is 34.2 Å². The van der Waals surface area contributed by atoms with Gasteiger partial charge in [-0.05, 0) is 47.7 Å². The maximum Gasteiger partial charge on any atom is 0.269 e. The smallest absolute Gasteiger partial charge is 0.269 e. The highest BCUT2D eigenvalue weighted by atomic mass is 127. The number of aryl methyl sites for hydroxylation is 1. The van der Waals surface area contributed by atoms with Crippen molar-refractivity contribution in [1.29, 1.82) is 0 Å². The summed E-state index contributed by atoms with van der Waals surface area (Å²) < 4.78 is 14.6. The minimum Gasteiger partial charge on any atom is -0.365 e. The molecule has 110 valence electrons. The third kappa shape index (κ3) is 3.18. The first-order chi connectivity index (χ1) is 9.81. The van der Waals surface area contributed by atoms with Crippen molar-refractivity contribution in [2.45, 2.75) is 6.92 Å². The minimum absolute atomic E-state index is 0.00877. The Morgan fingerprint density at radius 2 is 2.14 bits per heavy atom. The third-order valence-corrected chi connectivity index (χ3v) is 3.81. The number of aromatic nitrogens is 1. The van der Waals surface area contributed by atoms with E-state index in [1.54, 1.807) is 6.07 Å². The number of primary amides is 1. The lowest BCUT2D eigenvalue weighted by Gasteiger charge is -2.14. The van der Waals surface area contributed by atoms with Crippen molar-refractivity contribution in [1.82, 2.24) is 4.98 Å². The number of pyridine rings is 1. The molecule has 4 N–H and O–H groups in total. The summed E-state index contributed by atoms with van der Waals surface area (Å²) in [5, 5.41) is 2.41. The van der Waals surface area contributed by atoms with Crippen molar-refractivity contribution in [3.8, 4) is 0 Å². The van der Waals surface area contributed by atoms with Crippen molar-refractivity contribution in [3.63, 3.8) is 0 Å². The average molecular weight is 422 g/mol. The van der Waals surface area contributed by atoms with Gasteiger partial charge < -0.3 is 16.0 Å². The molecule has 0 unspecified atom stereocenters. The Balaban J connectivity index is 2.63. The summed E-state index contributed by atoms with van der Waals surface area (Å²) in [5.74, 6) is -1.31. The van der Waals surface area contributed by atoms with Gasteiger partial charge in [-0.25, -0.2) is 4.39 Å². The van der Waals surface area contributed by atoms with Crippen LogP contribution in [0.2, 0.25) is 5.02 Å². The standard InChI is InChI=1S/C13H10ClFIN3O2/c1-5-9(12(17)20)11(10(14)13(21)18-5)19-8-3-2-6(16)4-7(8)15/h2-4H,1H3,(H2,17,20)(H2,18,19,21). The number of hydrogen-bond acceptors (Lipinski definition) is 3. The van der Waals surface area contributed by atoms with E-state index in [0.717, 1.165) is 0 Å². The predicted molar refractivity (Wildman–Crippen MR) is 87.7 cm³/mol. The van der Waals surface area contributed by atoms with Gasteiger partial charge in [-0.2, -0.15) is 0 Å². The van der Waals surface area contributed by atoms with Gasteiger partial charge in [0.05, 0.1) is 16.9 Å². The fraction of sp³-hybridized carbons (Fsp3) is 0.0769. The second kappa shape index (κ2) is 6.02. The van der Waals surface area contributed by atoms with E-state index < -0.39 is 17.3 Å². The first kappa shape index (κ1) is 15.8. The highest BCUT2D eigenvalue weighted by Gasteiger charge is 2.19. The Labute approximate surface area is 137 Å².